The van der Waals surface area contributed by atoms with E-state index < -0.39 is 0 Å². The van der Waals surface area contributed by atoms with Crippen molar-refractivity contribution in [3.8, 4) is 0 Å². The number of anilines is 2. The van der Waals surface area contributed by atoms with Crippen LogP contribution in [0.3, 0.4) is 0 Å². The van der Waals surface area contributed by atoms with E-state index in [2.05, 4.69) is 25.5 Å². The van der Waals surface area contributed by atoms with Gasteiger partial charge in [-0.1, -0.05) is 18.9 Å². The van der Waals surface area contributed by atoms with Gasteiger partial charge in [0.25, 0.3) is 0 Å². The largest absolute Gasteiger partial charge is 0.360 e. The van der Waals surface area contributed by atoms with Gasteiger partial charge in [-0.25, -0.2) is 0 Å². The van der Waals surface area contributed by atoms with Crippen LogP contribution in [0.4, 0.5) is 11.4 Å². The number of pyridine rings is 1. The molecule has 0 bridgehead atoms. The molecule has 4 rings (SSSR count). The van der Waals surface area contributed by atoms with E-state index in [9.17, 15) is 9.59 Å². The van der Waals surface area contributed by atoms with Gasteiger partial charge in [-0.15, -0.1) is 0 Å². The Kier molecular flexibility index (Phi) is 6.39. The Morgan fingerprint density at radius 2 is 1.73 bits per heavy atom. The molecule has 30 heavy (non-hydrogen) atoms. The van der Waals surface area contributed by atoms with Gasteiger partial charge in [-0.05, 0) is 55.8 Å². The quantitative estimate of drug-likeness (QED) is 0.585. The van der Waals surface area contributed by atoms with Crippen molar-refractivity contribution in [3.63, 3.8) is 0 Å². The number of hydrogen-bond acceptors (Lipinski definition) is 4. The molecule has 3 heterocycles. The third-order valence-electron chi connectivity index (χ3n) is 5.42. The molecule has 1 aliphatic rings. The van der Waals surface area contributed by atoms with Crippen molar-refractivity contribution in [2.24, 2.45) is 0 Å². The van der Waals surface area contributed by atoms with Gasteiger partial charge in [-0.3, -0.25) is 19.5 Å². The zero-order valence-corrected chi connectivity index (χ0v) is 17.0. The van der Waals surface area contributed by atoms with Crippen molar-refractivity contribution in [1.82, 2.24) is 14.9 Å². The fourth-order valence-electron chi connectivity index (χ4n) is 3.93. The highest BCUT2D eigenvalue weighted by Gasteiger charge is 2.14. The van der Waals surface area contributed by atoms with Crippen LogP contribution in [0.25, 0.3) is 10.9 Å². The van der Waals surface area contributed by atoms with Crippen molar-refractivity contribution in [3.05, 3.63) is 54.5 Å². The van der Waals surface area contributed by atoms with E-state index in [-0.39, 0.29) is 18.2 Å². The highest BCUT2D eigenvalue weighted by Crippen LogP contribution is 2.19. The number of hydrogen-bond donors (Lipinski definition) is 3. The van der Waals surface area contributed by atoms with Crippen molar-refractivity contribution >= 4 is 34.1 Å². The van der Waals surface area contributed by atoms with Gasteiger partial charge in [-0.2, -0.15) is 0 Å². The number of carbonyl (C=O) groups excluding carboxylic acids is 2. The summed E-state index contributed by atoms with van der Waals surface area (Å²) in [6, 6.07) is 9.17. The Morgan fingerprint density at radius 1 is 1.00 bits per heavy atom. The summed E-state index contributed by atoms with van der Waals surface area (Å²) in [5.74, 6) is -0.131. The maximum atomic E-state index is 12.5. The van der Waals surface area contributed by atoms with Gasteiger partial charge in [0.2, 0.25) is 11.8 Å². The number of rotatable bonds is 6. The lowest BCUT2D eigenvalue weighted by atomic mass is 10.1. The summed E-state index contributed by atoms with van der Waals surface area (Å²) in [6.45, 7) is 2.37. The molecule has 1 saturated heterocycles. The fraction of sp³-hybridized carbons (Fsp3) is 0.348. The molecule has 7 nitrogen and oxygen atoms in total. The van der Waals surface area contributed by atoms with E-state index in [4.69, 9.17) is 0 Å². The highest BCUT2D eigenvalue weighted by molar-refractivity contribution is 5.97. The number of nitrogens with zero attached hydrogens (tertiary/aromatic N) is 2. The monoisotopic (exact) mass is 405 g/mol. The summed E-state index contributed by atoms with van der Waals surface area (Å²) in [5.41, 5.74) is 3.18. The maximum absolute atomic E-state index is 12.5. The zero-order valence-electron chi connectivity index (χ0n) is 17.0. The summed E-state index contributed by atoms with van der Waals surface area (Å²) in [7, 11) is 0. The molecule has 0 unspecified atom stereocenters. The standard InChI is InChI=1S/C23H27N5O2/c29-22(12-17-14-25-21-15-24-9-8-20(17)21)26-18-6-5-7-19(13-18)27-23(30)16-28-10-3-1-2-4-11-28/h5-9,13-15,25H,1-4,10-12,16H2,(H,26,29)(H,27,30). The first-order chi connectivity index (χ1) is 14.7. The lowest BCUT2D eigenvalue weighted by molar-refractivity contribution is -0.117. The number of nitrogens with one attached hydrogen (secondary N) is 3. The Balaban J connectivity index is 1.33. The molecule has 0 radical (unpaired) electrons. The minimum atomic E-state index is -0.110. The Bertz CT molecular complexity index is 1020. The van der Waals surface area contributed by atoms with Crippen LogP contribution in [0.2, 0.25) is 0 Å². The zero-order chi connectivity index (χ0) is 20.8. The molecule has 0 atom stereocenters. The number of benzene rings is 1. The van der Waals surface area contributed by atoms with Crippen LogP contribution in [-0.4, -0.2) is 46.3 Å². The molecular formula is C23H27N5O2. The third kappa shape index (κ3) is 5.24. The van der Waals surface area contributed by atoms with E-state index >= 15 is 0 Å². The Labute approximate surface area is 175 Å². The van der Waals surface area contributed by atoms with Crippen LogP contribution in [0.1, 0.15) is 31.2 Å². The first-order valence-corrected chi connectivity index (χ1v) is 10.5. The lowest BCUT2D eigenvalue weighted by Crippen LogP contribution is -2.33. The molecule has 3 aromatic rings. The third-order valence-corrected chi connectivity index (χ3v) is 5.42. The minimum Gasteiger partial charge on any atom is -0.360 e. The van der Waals surface area contributed by atoms with Crippen LogP contribution in [0, 0.1) is 0 Å². The molecule has 0 spiro atoms. The molecule has 1 aliphatic heterocycles. The van der Waals surface area contributed by atoms with Gasteiger partial charge in [0.05, 0.1) is 24.7 Å². The molecule has 0 aliphatic carbocycles. The molecular weight excluding hydrogens is 378 g/mol. The molecule has 2 amide bonds. The molecule has 0 saturated carbocycles. The summed E-state index contributed by atoms with van der Waals surface area (Å²) in [6.07, 6.45) is 10.4. The molecule has 2 aromatic heterocycles. The number of carbonyl (C=O) groups is 2. The first kappa shape index (κ1) is 20.1. The second kappa shape index (κ2) is 9.54. The number of aromatic amines is 1. The normalized spacial score (nSPS) is 14.9. The topological polar surface area (TPSA) is 90.1 Å². The highest BCUT2D eigenvalue weighted by atomic mass is 16.2. The van der Waals surface area contributed by atoms with Crippen molar-refractivity contribution in [1.29, 1.82) is 0 Å². The summed E-state index contributed by atoms with van der Waals surface area (Å²) >= 11 is 0. The Hall–Kier alpha value is -3.19. The number of fused-ring (bicyclic) bond motifs is 1. The van der Waals surface area contributed by atoms with Gasteiger partial charge in [0.15, 0.2) is 0 Å². The van der Waals surface area contributed by atoms with E-state index in [0.717, 1.165) is 42.4 Å². The first-order valence-electron chi connectivity index (χ1n) is 10.5. The molecule has 156 valence electrons. The SMILES string of the molecule is O=C(Cc1c[nH]c2cnccc12)Nc1cccc(NC(=O)CN2CCCCCC2)c1. The fourth-order valence-corrected chi connectivity index (χ4v) is 3.93. The second-order valence-corrected chi connectivity index (χ2v) is 7.78. The number of H-pyrrole nitrogens is 1. The summed E-state index contributed by atoms with van der Waals surface area (Å²) < 4.78 is 0. The van der Waals surface area contributed by atoms with E-state index in [0.29, 0.717) is 17.9 Å². The van der Waals surface area contributed by atoms with Crippen molar-refractivity contribution < 1.29 is 9.59 Å². The number of likely N-dealkylation sites (tertiary alicyclic amines) is 1. The second-order valence-electron chi connectivity index (χ2n) is 7.78. The Morgan fingerprint density at radius 3 is 2.50 bits per heavy atom. The van der Waals surface area contributed by atoms with Gasteiger partial charge in [0.1, 0.15) is 0 Å². The summed E-state index contributed by atoms with van der Waals surface area (Å²) in [5, 5.41) is 6.86. The molecule has 3 N–H and O–H groups in total. The molecule has 1 aromatic carbocycles. The van der Waals surface area contributed by atoms with Crippen molar-refractivity contribution in [2.75, 3.05) is 30.3 Å². The average Bonchev–Trinajstić information content (AvgIpc) is 2.95. The van der Waals surface area contributed by atoms with Crippen LogP contribution >= 0.6 is 0 Å². The molecule has 7 heteroatoms. The molecule has 1 fully saturated rings. The van der Waals surface area contributed by atoms with Crippen LogP contribution < -0.4 is 10.6 Å². The van der Waals surface area contributed by atoms with Gasteiger partial charge < -0.3 is 15.6 Å². The van der Waals surface area contributed by atoms with E-state index in [1.807, 2.05) is 30.5 Å². The van der Waals surface area contributed by atoms with Crippen molar-refractivity contribution in [2.45, 2.75) is 32.1 Å². The summed E-state index contributed by atoms with van der Waals surface area (Å²) in [4.78, 5) is 34.4. The number of aromatic nitrogens is 2. The predicted octanol–water partition coefficient (Wildman–Crippen LogP) is 3.56. The predicted molar refractivity (Wildman–Crippen MR) is 118 cm³/mol. The van der Waals surface area contributed by atoms with E-state index in [1.54, 1.807) is 18.5 Å². The average molecular weight is 406 g/mol. The van der Waals surface area contributed by atoms with E-state index in [1.165, 1.54) is 12.8 Å². The van der Waals surface area contributed by atoms with Gasteiger partial charge >= 0.3 is 0 Å². The lowest BCUT2D eigenvalue weighted by Gasteiger charge is -2.19. The van der Waals surface area contributed by atoms with Crippen LogP contribution in [0.5, 0.6) is 0 Å². The van der Waals surface area contributed by atoms with Gasteiger partial charge in [0, 0.05) is 29.2 Å². The van der Waals surface area contributed by atoms with Crippen LogP contribution in [-0.2, 0) is 16.0 Å². The number of amides is 2. The van der Waals surface area contributed by atoms with Crippen LogP contribution in [0.15, 0.2) is 48.9 Å². The minimum absolute atomic E-state index is 0.0206. The maximum Gasteiger partial charge on any atom is 0.238 e. The smallest absolute Gasteiger partial charge is 0.238 e.